The highest BCUT2D eigenvalue weighted by atomic mass is 33.1. The van der Waals surface area contributed by atoms with Gasteiger partial charge in [-0.25, -0.2) is 4.79 Å². The van der Waals surface area contributed by atoms with Crippen LogP contribution in [0, 0.1) is 0 Å². The third-order valence-corrected chi connectivity index (χ3v) is 2.97. The lowest BCUT2D eigenvalue weighted by molar-refractivity contribution is 0.151. The van der Waals surface area contributed by atoms with Crippen molar-refractivity contribution < 1.29 is 9.53 Å². The molecule has 1 unspecified atom stereocenters. The van der Waals surface area contributed by atoms with Crippen LogP contribution >= 0.6 is 22.5 Å². The molecule has 3 nitrogen and oxygen atoms in total. The molecule has 1 aromatic carbocycles. The lowest BCUT2D eigenvalue weighted by atomic mass is 10.2. The van der Waals surface area contributed by atoms with E-state index in [9.17, 15) is 4.79 Å². The maximum Gasteiger partial charge on any atom is 0.408 e. The lowest BCUT2D eigenvalue weighted by Crippen LogP contribution is -2.26. The number of rotatable bonds is 4. The molecule has 0 saturated heterocycles. The van der Waals surface area contributed by atoms with Crippen LogP contribution in [0.2, 0.25) is 0 Å². The number of nitrogens with one attached hydrogen (secondary N) is 1. The first-order valence-electron chi connectivity index (χ1n) is 4.56. The number of benzene rings is 1. The summed E-state index contributed by atoms with van der Waals surface area (Å²) in [4.78, 5) is 11.2. The van der Waals surface area contributed by atoms with E-state index in [1.54, 1.807) is 6.92 Å². The van der Waals surface area contributed by atoms with Crippen molar-refractivity contribution in [2.45, 2.75) is 12.3 Å². The second-order valence-electron chi connectivity index (χ2n) is 2.76. The molecule has 0 bridgehead atoms. The van der Waals surface area contributed by atoms with Gasteiger partial charge in [0.25, 0.3) is 0 Å². The van der Waals surface area contributed by atoms with Crippen molar-refractivity contribution in [2.24, 2.45) is 0 Å². The Labute approximate surface area is 98.4 Å². The quantitative estimate of drug-likeness (QED) is 0.485. The van der Waals surface area contributed by atoms with Crippen LogP contribution in [0.25, 0.3) is 0 Å². The summed E-state index contributed by atoms with van der Waals surface area (Å²) in [6.45, 7) is 2.13. The number of ether oxygens (including phenoxy) is 1. The standard InChI is InChI=1S/C10H13NO2S2/c1-2-13-10(12)11-9(15-14)8-6-4-3-5-7-8/h3-7,9,14H,2H2,1H3,(H,11,12). The molecule has 1 atom stereocenters. The van der Waals surface area contributed by atoms with Crippen molar-refractivity contribution in [3.63, 3.8) is 0 Å². The molecule has 0 spiro atoms. The van der Waals surface area contributed by atoms with E-state index >= 15 is 0 Å². The predicted octanol–water partition coefficient (Wildman–Crippen LogP) is 3.01. The van der Waals surface area contributed by atoms with Gasteiger partial charge in [-0.15, -0.1) is 11.7 Å². The van der Waals surface area contributed by atoms with Gasteiger partial charge < -0.3 is 10.1 Å². The van der Waals surface area contributed by atoms with Crippen molar-refractivity contribution in [2.75, 3.05) is 6.61 Å². The van der Waals surface area contributed by atoms with E-state index in [0.717, 1.165) is 5.56 Å². The van der Waals surface area contributed by atoms with Crippen LogP contribution in [0.3, 0.4) is 0 Å². The minimum absolute atomic E-state index is 0.186. The topological polar surface area (TPSA) is 38.3 Å². The molecule has 82 valence electrons. The molecule has 1 N–H and O–H groups in total. The Morgan fingerprint density at radius 2 is 2.20 bits per heavy atom. The van der Waals surface area contributed by atoms with Gasteiger partial charge in [-0.2, -0.15) is 0 Å². The molecule has 0 saturated carbocycles. The minimum atomic E-state index is -0.423. The average Bonchev–Trinajstić information content (AvgIpc) is 2.27. The summed E-state index contributed by atoms with van der Waals surface area (Å²) in [6, 6.07) is 9.62. The molecule has 0 aliphatic carbocycles. The Kier molecular flexibility index (Phi) is 5.42. The fraction of sp³-hybridized carbons (Fsp3) is 0.300. The van der Waals surface area contributed by atoms with E-state index in [2.05, 4.69) is 17.0 Å². The number of hydrogen-bond donors (Lipinski definition) is 2. The summed E-state index contributed by atoms with van der Waals surface area (Å²) in [5.41, 5.74) is 0.991. The Morgan fingerprint density at radius 1 is 1.53 bits per heavy atom. The smallest absolute Gasteiger partial charge is 0.408 e. The van der Waals surface area contributed by atoms with Gasteiger partial charge in [0.1, 0.15) is 5.37 Å². The zero-order valence-corrected chi connectivity index (χ0v) is 10.1. The van der Waals surface area contributed by atoms with E-state index in [0.29, 0.717) is 6.61 Å². The summed E-state index contributed by atoms with van der Waals surface area (Å²) < 4.78 is 4.80. The van der Waals surface area contributed by atoms with E-state index in [1.165, 1.54) is 10.8 Å². The zero-order chi connectivity index (χ0) is 11.1. The second-order valence-corrected chi connectivity index (χ2v) is 4.08. The Balaban J connectivity index is 2.61. The number of carbonyl (C=O) groups is 1. The fourth-order valence-corrected chi connectivity index (χ4v) is 2.03. The summed E-state index contributed by atoms with van der Waals surface area (Å²) >= 11 is 4.12. The third-order valence-electron chi connectivity index (χ3n) is 1.73. The monoisotopic (exact) mass is 243 g/mol. The SMILES string of the molecule is CCOC(=O)NC(SS)c1ccccc1. The van der Waals surface area contributed by atoms with Gasteiger partial charge in [0.05, 0.1) is 6.61 Å². The van der Waals surface area contributed by atoms with E-state index < -0.39 is 6.09 Å². The fourth-order valence-electron chi connectivity index (χ4n) is 1.08. The molecule has 1 amide bonds. The van der Waals surface area contributed by atoms with E-state index in [1.807, 2.05) is 30.3 Å². The largest absolute Gasteiger partial charge is 0.450 e. The van der Waals surface area contributed by atoms with Gasteiger partial charge >= 0.3 is 6.09 Å². The number of thiol groups is 1. The van der Waals surface area contributed by atoms with Crippen molar-refractivity contribution >= 4 is 28.5 Å². The lowest BCUT2D eigenvalue weighted by Gasteiger charge is -2.15. The average molecular weight is 243 g/mol. The van der Waals surface area contributed by atoms with E-state index in [-0.39, 0.29) is 5.37 Å². The maximum absolute atomic E-state index is 11.2. The van der Waals surface area contributed by atoms with Crippen molar-refractivity contribution in [1.29, 1.82) is 0 Å². The van der Waals surface area contributed by atoms with Crippen LogP contribution in [0.4, 0.5) is 4.79 Å². The van der Waals surface area contributed by atoms with Gasteiger partial charge in [0.15, 0.2) is 0 Å². The molecule has 0 aliphatic heterocycles. The third kappa shape index (κ3) is 4.05. The molecule has 15 heavy (non-hydrogen) atoms. The Hall–Kier alpha value is -0.810. The van der Waals surface area contributed by atoms with Gasteiger partial charge in [0, 0.05) is 0 Å². The molecule has 0 aromatic heterocycles. The summed E-state index contributed by atoms with van der Waals surface area (Å²) in [5, 5.41) is 2.52. The number of hydrogen-bond acceptors (Lipinski definition) is 4. The summed E-state index contributed by atoms with van der Waals surface area (Å²) in [7, 11) is 1.26. The molecule has 1 rings (SSSR count). The molecular weight excluding hydrogens is 230 g/mol. The van der Waals surface area contributed by atoms with Crippen LogP contribution in [0.15, 0.2) is 30.3 Å². The van der Waals surface area contributed by atoms with Crippen molar-refractivity contribution in [1.82, 2.24) is 5.32 Å². The highest BCUT2D eigenvalue weighted by molar-refractivity contribution is 8.68. The van der Waals surface area contributed by atoms with Crippen LogP contribution in [-0.2, 0) is 4.74 Å². The van der Waals surface area contributed by atoms with E-state index in [4.69, 9.17) is 4.74 Å². The van der Waals surface area contributed by atoms with Crippen LogP contribution in [-0.4, -0.2) is 12.7 Å². The number of amides is 1. The van der Waals surface area contributed by atoms with Crippen LogP contribution < -0.4 is 5.32 Å². The second kappa shape index (κ2) is 6.63. The normalized spacial score (nSPS) is 11.9. The van der Waals surface area contributed by atoms with Gasteiger partial charge in [0.2, 0.25) is 0 Å². The Morgan fingerprint density at radius 3 is 2.73 bits per heavy atom. The molecule has 1 aromatic rings. The molecule has 0 radical (unpaired) electrons. The Bertz CT molecular complexity index is 306. The summed E-state index contributed by atoms with van der Waals surface area (Å²) in [6.07, 6.45) is -0.423. The van der Waals surface area contributed by atoms with Crippen molar-refractivity contribution in [3.05, 3.63) is 35.9 Å². The number of alkyl carbamates (subject to hydrolysis) is 1. The maximum atomic E-state index is 11.2. The summed E-state index contributed by atoms with van der Waals surface area (Å²) in [5.74, 6) is 0. The van der Waals surface area contributed by atoms with Crippen molar-refractivity contribution in [3.8, 4) is 0 Å². The van der Waals surface area contributed by atoms with Crippen LogP contribution in [0.1, 0.15) is 17.9 Å². The first-order valence-corrected chi connectivity index (χ1v) is 6.49. The highest BCUT2D eigenvalue weighted by Gasteiger charge is 2.13. The first kappa shape index (κ1) is 12.3. The van der Waals surface area contributed by atoms with Gasteiger partial charge in [-0.05, 0) is 12.5 Å². The zero-order valence-electron chi connectivity index (χ0n) is 8.34. The van der Waals surface area contributed by atoms with Crippen LogP contribution in [0.5, 0.6) is 0 Å². The molecule has 0 fully saturated rings. The molecule has 5 heteroatoms. The molecule has 0 heterocycles. The first-order chi connectivity index (χ1) is 7.27. The van der Waals surface area contributed by atoms with Gasteiger partial charge in [-0.1, -0.05) is 41.1 Å². The molecular formula is C10H13NO2S2. The number of carbonyl (C=O) groups excluding carboxylic acids is 1. The highest BCUT2D eigenvalue weighted by Crippen LogP contribution is 2.28. The van der Waals surface area contributed by atoms with Gasteiger partial charge in [-0.3, -0.25) is 0 Å². The predicted molar refractivity (Wildman–Crippen MR) is 65.9 cm³/mol. The molecule has 0 aliphatic rings. The minimum Gasteiger partial charge on any atom is -0.450 e.